The van der Waals surface area contributed by atoms with E-state index in [4.69, 9.17) is 9.47 Å². The van der Waals surface area contributed by atoms with Crippen LogP contribution in [0.2, 0.25) is 0 Å². The lowest BCUT2D eigenvalue weighted by molar-refractivity contribution is -0.156. The Morgan fingerprint density at radius 3 is 2.63 bits per heavy atom. The molecule has 0 aromatic heterocycles. The first-order valence-electron chi connectivity index (χ1n) is 10.0. The van der Waals surface area contributed by atoms with Gasteiger partial charge in [0.05, 0.1) is 18.3 Å². The number of benzene rings is 1. The largest absolute Gasteiger partial charge is 0.458 e. The second-order valence-electron chi connectivity index (χ2n) is 8.54. The standard InChI is InChI=1S/C23H32O4/c1-15(2)18-12-13-23(14-26-4)19(11-10-16(3)20(23)21(18)24)27-22(25)17-8-6-5-7-9-17/h5-9,15,18-21,24H,3,10-14H2,1-2,4H3/t18-,19+,20+,21+,23+/m0/s1. The van der Waals surface area contributed by atoms with Crippen LogP contribution in [0.5, 0.6) is 0 Å². The van der Waals surface area contributed by atoms with E-state index >= 15 is 0 Å². The van der Waals surface area contributed by atoms with Crippen molar-refractivity contribution in [3.8, 4) is 0 Å². The molecule has 4 heteroatoms. The second-order valence-corrected chi connectivity index (χ2v) is 8.54. The molecule has 0 aliphatic heterocycles. The van der Waals surface area contributed by atoms with Gasteiger partial charge in [-0.1, -0.05) is 44.2 Å². The van der Waals surface area contributed by atoms with Crippen molar-refractivity contribution in [2.24, 2.45) is 23.2 Å². The minimum Gasteiger partial charge on any atom is -0.458 e. The van der Waals surface area contributed by atoms with Crippen molar-refractivity contribution in [1.29, 1.82) is 0 Å². The summed E-state index contributed by atoms with van der Waals surface area (Å²) in [5.74, 6) is 0.240. The van der Waals surface area contributed by atoms with E-state index in [0.29, 0.717) is 18.1 Å². The number of esters is 1. The zero-order valence-electron chi connectivity index (χ0n) is 16.7. The number of carbonyl (C=O) groups excluding carboxylic acids is 1. The highest BCUT2D eigenvalue weighted by molar-refractivity contribution is 5.89. The molecule has 2 aliphatic rings. The predicted octanol–water partition coefficient (Wildman–Crippen LogP) is 4.24. The monoisotopic (exact) mass is 372 g/mol. The summed E-state index contributed by atoms with van der Waals surface area (Å²) in [6.07, 6.45) is 2.53. The van der Waals surface area contributed by atoms with Gasteiger partial charge < -0.3 is 14.6 Å². The van der Waals surface area contributed by atoms with Gasteiger partial charge in [-0.15, -0.1) is 0 Å². The van der Waals surface area contributed by atoms with Crippen molar-refractivity contribution in [2.75, 3.05) is 13.7 Å². The average Bonchev–Trinajstić information content (AvgIpc) is 2.64. The highest BCUT2D eigenvalue weighted by atomic mass is 16.5. The highest BCUT2D eigenvalue weighted by Crippen LogP contribution is 2.56. The molecule has 1 aromatic carbocycles. The Labute approximate surface area is 162 Å². The molecule has 1 N–H and O–H groups in total. The van der Waals surface area contributed by atoms with Gasteiger partial charge in [0.25, 0.3) is 0 Å². The Morgan fingerprint density at radius 2 is 2.00 bits per heavy atom. The first-order valence-corrected chi connectivity index (χ1v) is 10.0. The number of hydrogen-bond donors (Lipinski definition) is 1. The molecule has 5 atom stereocenters. The summed E-state index contributed by atoms with van der Waals surface area (Å²) in [5, 5.41) is 11.2. The molecule has 148 valence electrons. The zero-order chi connectivity index (χ0) is 19.6. The van der Waals surface area contributed by atoms with Crippen molar-refractivity contribution in [3.05, 3.63) is 48.0 Å². The van der Waals surface area contributed by atoms with E-state index in [1.54, 1.807) is 19.2 Å². The molecule has 0 heterocycles. The molecule has 0 radical (unpaired) electrons. The lowest BCUT2D eigenvalue weighted by atomic mass is 9.52. The fraction of sp³-hybridized carbons (Fsp3) is 0.609. The Morgan fingerprint density at radius 1 is 1.30 bits per heavy atom. The predicted molar refractivity (Wildman–Crippen MR) is 105 cm³/mol. The Balaban J connectivity index is 1.90. The summed E-state index contributed by atoms with van der Waals surface area (Å²) >= 11 is 0. The number of ether oxygens (including phenoxy) is 2. The van der Waals surface area contributed by atoms with Crippen LogP contribution in [0.15, 0.2) is 42.5 Å². The number of methoxy groups -OCH3 is 1. The number of carbonyl (C=O) groups is 1. The van der Waals surface area contributed by atoms with Gasteiger partial charge in [0.15, 0.2) is 0 Å². The SMILES string of the molecule is C=C1CC[C@@H](OC(=O)c2ccccc2)[C@]2(COC)CC[C@@H](C(C)C)[C@@H](O)[C@@H]12. The molecule has 4 nitrogen and oxygen atoms in total. The van der Waals surface area contributed by atoms with E-state index in [1.165, 1.54) is 0 Å². The maximum atomic E-state index is 12.7. The van der Waals surface area contributed by atoms with Crippen LogP contribution < -0.4 is 0 Å². The number of fused-ring (bicyclic) bond motifs is 1. The van der Waals surface area contributed by atoms with Gasteiger partial charge in [0.2, 0.25) is 0 Å². The molecule has 1 aromatic rings. The molecule has 0 bridgehead atoms. The smallest absolute Gasteiger partial charge is 0.338 e. The number of aliphatic hydroxyl groups excluding tert-OH is 1. The van der Waals surface area contributed by atoms with Crippen LogP contribution >= 0.6 is 0 Å². The summed E-state index contributed by atoms with van der Waals surface area (Å²) in [7, 11) is 1.68. The number of aliphatic hydroxyl groups is 1. The van der Waals surface area contributed by atoms with Gasteiger partial charge in [-0.25, -0.2) is 4.79 Å². The van der Waals surface area contributed by atoms with Crippen LogP contribution in [-0.2, 0) is 9.47 Å². The van der Waals surface area contributed by atoms with Crippen LogP contribution in [0.4, 0.5) is 0 Å². The van der Waals surface area contributed by atoms with Crippen LogP contribution in [0.1, 0.15) is 49.9 Å². The second kappa shape index (κ2) is 8.15. The minimum absolute atomic E-state index is 0.0964. The topological polar surface area (TPSA) is 55.8 Å². The van der Waals surface area contributed by atoms with Crippen LogP contribution in [0, 0.1) is 23.2 Å². The maximum absolute atomic E-state index is 12.7. The molecular formula is C23H32O4. The van der Waals surface area contributed by atoms with Crippen LogP contribution in [0.25, 0.3) is 0 Å². The maximum Gasteiger partial charge on any atom is 0.338 e. The molecule has 27 heavy (non-hydrogen) atoms. The van der Waals surface area contributed by atoms with E-state index in [2.05, 4.69) is 20.4 Å². The van der Waals surface area contributed by atoms with Gasteiger partial charge in [-0.2, -0.15) is 0 Å². The van der Waals surface area contributed by atoms with Gasteiger partial charge in [0.1, 0.15) is 6.10 Å². The quantitative estimate of drug-likeness (QED) is 0.620. The molecule has 0 unspecified atom stereocenters. The minimum atomic E-state index is -0.473. The lowest BCUT2D eigenvalue weighted by Crippen LogP contribution is -2.59. The summed E-state index contributed by atoms with van der Waals surface area (Å²) < 4.78 is 11.6. The molecule has 2 fully saturated rings. The fourth-order valence-corrected chi connectivity index (χ4v) is 5.32. The van der Waals surface area contributed by atoms with E-state index < -0.39 is 11.5 Å². The van der Waals surface area contributed by atoms with E-state index in [0.717, 1.165) is 31.3 Å². The third-order valence-corrected chi connectivity index (χ3v) is 6.68. The van der Waals surface area contributed by atoms with Crippen LogP contribution in [0.3, 0.4) is 0 Å². The molecule has 0 amide bonds. The summed E-state index contributed by atoms with van der Waals surface area (Å²) in [6, 6.07) is 9.10. The Kier molecular flexibility index (Phi) is 6.07. The molecule has 3 rings (SSSR count). The van der Waals surface area contributed by atoms with Crippen molar-refractivity contribution in [3.63, 3.8) is 0 Å². The third-order valence-electron chi connectivity index (χ3n) is 6.68. The van der Waals surface area contributed by atoms with E-state index in [-0.39, 0.29) is 23.9 Å². The average molecular weight is 373 g/mol. The Hall–Kier alpha value is -1.65. The number of hydrogen-bond acceptors (Lipinski definition) is 4. The normalized spacial score (nSPS) is 33.6. The molecule has 0 saturated heterocycles. The highest BCUT2D eigenvalue weighted by Gasteiger charge is 2.57. The lowest BCUT2D eigenvalue weighted by Gasteiger charge is -2.56. The van der Waals surface area contributed by atoms with Gasteiger partial charge in [-0.3, -0.25) is 0 Å². The first-order chi connectivity index (χ1) is 12.9. The van der Waals surface area contributed by atoms with Gasteiger partial charge >= 0.3 is 5.97 Å². The number of rotatable bonds is 5. The van der Waals surface area contributed by atoms with Crippen molar-refractivity contribution in [1.82, 2.24) is 0 Å². The third kappa shape index (κ3) is 3.70. The van der Waals surface area contributed by atoms with Crippen molar-refractivity contribution >= 4 is 5.97 Å². The summed E-state index contributed by atoms with van der Waals surface area (Å²) in [6.45, 7) is 9.07. The first kappa shape index (κ1) is 20.1. The van der Waals surface area contributed by atoms with Crippen molar-refractivity contribution in [2.45, 2.75) is 51.7 Å². The molecule has 2 aliphatic carbocycles. The zero-order valence-corrected chi connectivity index (χ0v) is 16.7. The van der Waals surface area contributed by atoms with Crippen LogP contribution in [-0.4, -0.2) is 37.0 Å². The molecular weight excluding hydrogens is 340 g/mol. The summed E-state index contributed by atoms with van der Waals surface area (Å²) in [4.78, 5) is 12.7. The Bertz CT molecular complexity index is 668. The molecule has 2 saturated carbocycles. The molecule has 0 spiro atoms. The fourth-order valence-electron chi connectivity index (χ4n) is 5.32. The van der Waals surface area contributed by atoms with E-state index in [1.807, 2.05) is 18.2 Å². The van der Waals surface area contributed by atoms with Gasteiger partial charge in [0, 0.05) is 18.4 Å². The van der Waals surface area contributed by atoms with E-state index in [9.17, 15) is 9.90 Å². The summed E-state index contributed by atoms with van der Waals surface area (Å²) in [5.41, 5.74) is 1.22. The van der Waals surface area contributed by atoms with Gasteiger partial charge in [-0.05, 0) is 49.7 Å². The van der Waals surface area contributed by atoms with Crippen molar-refractivity contribution < 1.29 is 19.4 Å².